The molecule has 9 heteroatoms. The minimum absolute atomic E-state index is 0.133. The first-order valence-corrected chi connectivity index (χ1v) is 9.46. The predicted molar refractivity (Wildman–Crippen MR) is 93.1 cm³/mol. The van der Waals surface area contributed by atoms with E-state index in [2.05, 4.69) is 20.5 Å². The Morgan fingerprint density at radius 3 is 2.85 bits per heavy atom. The molecule has 5 rings (SSSR count). The third-order valence-electron chi connectivity index (χ3n) is 6.23. The summed E-state index contributed by atoms with van der Waals surface area (Å²) < 4.78 is 15.0. The highest BCUT2D eigenvalue weighted by Crippen LogP contribution is 2.53. The van der Waals surface area contributed by atoms with Crippen LogP contribution in [0.2, 0.25) is 0 Å². The summed E-state index contributed by atoms with van der Waals surface area (Å²) in [5.74, 6) is 0.300. The maximum absolute atomic E-state index is 13.3. The summed E-state index contributed by atoms with van der Waals surface area (Å²) in [6.45, 7) is 3.11. The van der Waals surface area contributed by atoms with E-state index in [9.17, 15) is 9.18 Å². The van der Waals surface area contributed by atoms with E-state index in [1.54, 1.807) is 23.3 Å². The van der Waals surface area contributed by atoms with Crippen LogP contribution in [-0.2, 0) is 6.42 Å². The molecule has 0 bridgehead atoms. The van der Waals surface area contributed by atoms with Crippen LogP contribution in [0.25, 0.3) is 0 Å². The Kier molecular flexibility index (Phi) is 3.84. The Labute approximate surface area is 156 Å². The molecule has 1 atom stereocenters. The molecule has 4 heterocycles. The summed E-state index contributed by atoms with van der Waals surface area (Å²) in [5, 5.41) is 11.3. The number of hydrogen-bond donors (Lipinski definition) is 0. The van der Waals surface area contributed by atoms with Crippen molar-refractivity contribution < 1.29 is 9.18 Å². The number of amides is 2. The fourth-order valence-corrected chi connectivity index (χ4v) is 5.03. The lowest BCUT2D eigenvalue weighted by molar-refractivity contribution is -0.0754. The monoisotopic (exact) mass is 371 g/mol. The molecule has 8 nitrogen and oxygen atoms in total. The SMILES string of the molecule is O=C(N1CC[C@H](n2cnnn2)C1)N1CC2(CC(Cc3cncc(F)c3)C2)C1. The largest absolute Gasteiger partial charge is 0.323 e. The van der Waals surface area contributed by atoms with Gasteiger partial charge in [0.2, 0.25) is 0 Å². The van der Waals surface area contributed by atoms with Crippen LogP contribution in [0.5, 0.6) is 0 Å². The lowest BCUT2D eigenvalue weighted by Gasteiger charge is -2.59. The first-order chi connectivity index (χ1) is 13.1. The number of rotatable bonds is 3. The van der Waals surface area contributed by atoms with Crippen molar-refractivity contribution >= 4 is 6.03 Å². The molecule has 3 aliphatic rings. The number of nitrogens with zero attached hydrogens (tertiary/aromatic N) is 7. The quantitative estimate of drug-likeness (QED) is 0.817. The molecule has 3 fully saturated rings. The van der Waals surface area contributed by atoms with Gasteiger partial charge in [-0.25, -0.2) is 13.9 Å². The van der Waals surface area contributed by atoms with E-state index in [0.29, 0.717) is 12.5 Å². The van der Waals surface area contributed by atoms with Crippen molar-refractivity contribution in [3.63, 3.8) is 0 Å². The fourth-order valence-electron chi connectivity index (χ4n) is 5.03. The highest BCUT2D eigenvalue weighted by Gasteiger charge is 2.54. The summed E-state index contributed by atoms with van der Waals surface area (Å²) in [6, 6.07) is 1.88. The van der Waals surface area contributed by atoms with Crippen molar-refractivity contribution in [1.29, 1.82) is 0 Å². The molecule has 27 heavy (non-hydrogen) atoms. The molecular formula is C18H22FN7O. The Morgan fingerprint density at radius 2 is 2.11 bits per heavy atom. The van der Waals surface area contributed by atoms with Gasteiger partial charge in [-0.15, -0.1) is 5.10 Å². The van der Waals surface area contributed by atoms with E-state index < -0.39 is 0 Å². The Morgan fingerprint density at radius 1 is 1.26 bits per heavy atom. The second-order valence-electron chi connectivity index (χ2n) is 8.31. The third-order valence-corrected chi connectivity index (χ3v) is 6.23. The van der Waals surface area contributed by atoms with Crippen LogP contribution in [0.15, 0.2) is 24.8 Å². The average Bonchev–Trinajstić information content (AvgIpc) is 3.25. The van der Waals surface area contributed by atoms with Gasteiger partial charge in [-0.2, -0.15) is 0 Å². The standard InChI is InChI=1S/C18H22FN7O/c19-15-4-13(7-20-8-15)3-14-5-18(6-14)10-25(11-18)17(27)24-2-1-16(9-24)26-12-21-22-23-26/h4,7-8,12,14,16H,1-3,5-6,9-11H2/t16-/m0/s1. The first kappa shape index (κ1) is 16.6. The maximum atomic E-state index is 13.3. The summed E-state index contributed by atoms with van der Waals surface area (Å²) in [6.07, 6.45) is 8.59. The summed E-state index contributed by atoms with van der Waals surface area (Å²) in [4.78, 5) is 20.5. The summed E-state index contributed by atoms with van der Waals surface area (Å²) in [7, 11) is 0. The van der Waals surface area contributed by atoms with Gasteiger partial charge in [0.05, 0.1) is 12.2 Å². The van der Waals surface area contributed by atoms with Gasteiger partial charge < -0.3 is 9.80 Å². The van der Waals surface area contributed by atoms with Crippen LogP contribution in [0.3, 0.4) is 0 Å². The molecule has 0 aromatic carbocycles. The van der Waals surface area contributed by atoms with E-state index in [1.165, 1.54) is 6.20 Å². The zero-order chi connectivity index (χ0) is 18.4. The molecule has 2 aromatic heterocycles. The van der Waals surface area contributed by atoms with E-state index in [-0.39, 0.29) is 23.3 Å². The Hall–Kier alpha value is -2.58. The second-order valence-corrected chi connectivity index (χ2v) is 8.31. The molecular weight excluding hydrogens is 349 g/mol. The zero-order valence-corrected chi connectivity index (χ0v) is 15.0. The van der Waals surface area contributed by atoms with Gasteiger partial charge in [0.25, 0.3) is 0 Å². The van der Waals surface area contributed by atoms with Crippen molar-refractivity contribution in [3.8, 4) is 0 Å². The van der Waals surface area contributed by atoms with Gasteiger partial charge in [-0.05, 0) is 53.7 Å². The molecule has 2 amide bonds. The number of aromatic nitrogens is 5. The molecule has 0 N–H and O–H groups in total. The topological polar surface area (TPSA) is 80.0 Å². The Balaban J connectivity index is 1.09. The highest BCUT2D eigenvalue weighted by molar-refractivity contribution is 5.76. The van der Waals surface area contributed by atoms with Crippen LogP contribution >= 0.6 is 0 Å². The summed E-state index contributed by atoms with van der Waals surface area (Å²) in [5.41, 5.74) is 1.25. The van der Waals surface area contributed by atoms with Crippen LogP contribution in [0.4, 0.5) is 9.18 Å². The van der Waals surface area contributed by atoms with Gasteiger partial charge >= 0.3 is 6.03 Å². The number of halogens is 1. The lowest BCUT2D eigenvalue weighted by atomic mass is 9.56. The van der Waals surface area contributed by atoms with Crippen molar-refractivity contribution in [2.75, 3.05) is 26.2 Å². The number of carbonyl (C=O) groups excluding carboxylic acids is 1. The van der Waals surface area contributed by atoms with Gasteiger partial charge in [-0.3, -0.25) is 4.98 Å². The zero-order valence-electron chi connectivity index (χ0n) is 15.0. The smallest absolute Gasteiger partial charge is 0.320 e. The van der Waals surface area contributed by atoms with E-state index >= 15 is 0 Å². The van der Waals surface area contributed by atoms with Crippen molar-refractivity contribution in [3.05, 3.63) is 36.2 Å². The number of tetrazole rings is 1. The minimum atomic E-state index is -0.271. The molecule has 2 aromatic rings. The number of carbonyl (C=O) groups is 1. The molecule has 1 saturated carbocycles. The third kappa shape index (κ3) is 3.04. The number of hydrogen-bond acceptors (Lipinski definition) is 5. The van der Waals surface area contributed by atoms with Gasteiger partial charge in [0.1, 0.15) is 12.1 Å². The molecule has 1 aliphatic carbocycles. The van der Waals surface area contributed by atoms with E-state index in [4.69, 9.17) is 0 Å². The van der Waals surface area contributed by atoms with Gasteiger partial charge in [0, 0.05) is 37.8 Å². The van der Waals surface area contributed by atoms with E-state index in [0.717, 1.165) is 50.9 Å². The second kappa shape index (κ2) is 6.24. The number of urea groups is 1. The molecule has 0 unspecified atom stereocenters. The van der Waals surface area contributed by atoms with Crippen molar-refractivity contribution in [1.82, 2.24) is 35.0 Å². The fraction of sp³-hybridized carbons (Fsp3) is 0.611. The molecule has 142 valence electrons. The predicted octanol–water partition coefficient (Wildman–Crippen LogP) is 1.53. The maximum Gasteiger partial charge on any atom is 0.320 e. The van der Waals surface area contributed by atoms with Gasteiger partial charge in [0.15, 0.2) is 0 Å². The average molecular weight is 371 g/mol. The van der Waals surface area contributed by atoms with Crippen LogP contribution in [-0.4, -0.2) is 67.2 Å². The van der Waals surface area contributed by atoms with Gasteiger partial charge in [-0.1, -0.05) is 0 Å². The minimum Gasteiger partial charge on any atom is -0.323 e. The van der Waals surface area contributed by atoms with Crippen LogP contribution < -0.4 is 0 Å². The number of pyridine rings is 1. The molecule has 1 spiro atoms. The number of likely N-dealkylation sites (tertiary alicyclic amines) is 2. The lowest BCUT2D eigenvalue weighted by Crippen LogP contribution is -2.65. The first-order valence-electron chi connectivity index (χ1n) is 9.46. The molecule has 2 saturated heterocycles. The van der Waals surface area contributed by atoms with Crippen molar-refractivity contribution in [2.45, 2.75) is 31.7 Å². The molecule has 2 aliphatic heterocycles. The highest BCUT2D eigenvalue weighted by atomic mass is 19.1. The van der Waals surface area contributed by atoms with Crippen LogP contribution in [0.1, 0.15) is 30.9 Å². The Bertz CT molecular complexity index is 828. The molecule has 0 radical (unpaired) electrons. The van der Waals surface area contributed by atoms with Crippen molar-refractivity contribution in [2.24, 2.45) is 11.3 Å². The summed E-state index contributed by atoms with van der Waals surface area (Å²) >= 11 is 0. The normalized spacial score (nSPS) is 24.1. The van der Waals surface area contributed by atoms with Crippen LogP contribution in [0, 0.1) is 17.2 Å². The van der Waals surface area contributed by atoms with E-state index in [1.807, 2.05) is 9.80 Å².